The number of hydrogen-bond acceptors (Lipinski definition) is 5. The Labute approximate surface area is 181 Å². The van der Waals surface area contributed by atoms with Crippen molar-refractivity contribution in [3.05, 3.63) is 75.5 Å². The van der Waals surface area contributed by atoms with E-state index < -0.39 is 5.60 Å². The van der Waals surface area contributed by atoms with Crippen molar-refractivity contribution in [2.75, 3.05) is 20.8 Å². The highest BCUT2D eigenvalue weighted by Crippen LogP contribution is 2.48. The number of methoxy groups -OCH3 is 2. The molecule has 1 unspecified atom stereocenters. The molecule has 156 valence electrons. The molecule has 0 aliphatic carbocycles. The molecular weight excluding hydrogens is 396 g/mol. The first-order valence-electron chi connectivity index (χ1n) is 10.0. The quantitative estimate of drug-likeness (QED) is 0.445. The van der Waals surface area contributed by atoms with Crippen molar-refractivity contribution in [1.29, 1.82) is 0 Å². The van der Waals surface area contributed by atoms with Gasteiger partial charge in [-0.25, -0.2) is 0 Å². The van der Waals surface area contributed by atoms with E-state index in [1.165, 1.54) is 0 Å². The number of benzene rings is 2. The standard InChI is InChI=1S/C25H26O4S/c1-5-12-28-19-10-8-17(9-11-19)21-14-18-15-22(26-3)23(27-4)16-20(18)25(2,29-21)24-7-6-13-30-24/h6-11,13-16H,5,12H2,1-4H3. The molecule has 5 heteroatoms. The fraction of sp³-hybridized carbons (Fsp3) is 0.280. The van der Waals surface area contributed by atoms with E-state index in [4.69, 9.17) is 18.9 Å². The van der Waals surface area contributed by atoms with Gasteiger partial charge < -0.3 is 18.9 Å². The van der Waals surface area contributed by atoms with E-state index in [0.717, 1.165) is 39.5 Å². The lowest BCUT2D eigenvalue weighted by Crippen LogP contribution is -2.29. The smallest absolute Gasteiger partial charge is 0.166 e. The first-order valence-corrected chi connectivity index (χ1v) is 10.9. The van der Waals surface area contributed by atoms with Gasteiger partial charge in [-0.3, -0.25) is 0 Å². The summed E-state index contributed by atoms with van der Waals surface area (Å²) in [4.78, 5) is 1.13. The third kappa shape index (κ3) is 3.65. The summed E-state index contributed by atoms with van der Waals surface area (Å²) in [5.74, 6) is 3.07. The van der Waals surface area contributed by atoms with Crippen LogP contribution in [0.1, 0.15) is 41.8 Å². The molecule has 2 heterocycles. The molecule has 30 heavy (non-hydrogen) atoms. The third-order valence-electron chi connectivity index (χ3n) is 5.27. The van der Waals surface area contributed by atoms with Crippen LogP contribution in [0.3, 0.4) is 0 Å². The summed E-state index contributed by atoms with van der Waals surface area (Å²) < 4.78 is 23.5. The Balaban J connectivity index is 1.81. The number of fused-ring (bicyclic) bond motifs is 1. The monoisotopic (exact) mass is 422 g/mol. The number of ether oxygens (including phenoxy) is 4. The van der Waals surface area contributed by atoms with E-state index in [-0.39, 0.29) is 0 Å². The average Bonchev–Trinajstić information content (AvgIpc) is 3.33. The SMILES string of the molecule is CCCOc1ccc(C2=Cc3cc(OC)c(OC)cc3C(C)(c3cccs3)O2)cc1. The predicted molar refractivity (Wildman–Crippen MR) is 122 cm³/mol. The van der Waals surface area contributed by atoms with E-state index in [1.54, 1.807) is 25.6 Å². The highest BCUT2D eigenvalue weighted by Gasteiger charge is 2.39. The van der Waals surface area contributed by atoms with E-state index >= 15 is 0 Å². The second kappa shape index (κ2) is 8.44. The summed E-state index contributed by atoms with van der Waals surface area (Å²) >= 11 is 1.68. The highest BCUT2D eigenvalue weighted by atomic mass is 32.1. The van der Waals surface area contributed by atoms with Gasteiger partial charge in [0.1, 0.15) is 11.5 Å². The van der Waals surface area contributed by atoms with Crippen LogP contribution in [0.2, 0.25) is 0 Å². The lowest BCUT2D eigenvalue weighted by molar-refractivity contribution is 0.0986. The average molecular weight is 423 g/mol. The maximum atomic E-state index is 6.66. The molecule has 0 fully saturated rings. The number of hydrogen-bond donors (Lipinski definition) is 0. The Kier molecular flexibility index (Phi) is 5.73. The highest BCUT2D eigenvalue weighted by molar-refractivity contribution is 7.10. The molecule has 4 nitrogen and oxygen atoms in total. The van der Waals surface area contributed by atoms with Crippen LogP contribution < -0.4 is 14.2 Å². The Morgan fingerprint density at radius 1 is 1.00 bits per heavy atom. The van der Waals surface area contributed by atoms with E-state index in [1.807, 2.05) is 42.5 Å². The molecule has 0 spiro atoms. The molecule has 1 atom stereocenters. The fourth-order valence-corrected chi connectivity index (χ4v) is 4.52. The van der Waals surface area contributed by atoms with Crippen molar-refractivity contribution < 1.29 is 18.9 Å². The van der Waals surface area contributed by atoms with Gasteiger partial charge in [0.25, 0.3) is 0 Å². The largest absolute Gasteiger partial charge is 0.494 e. The van der Waals surface area contributed by atoms with Crippen LogP contribution in [-0.4, -0.2) is 20.8 Å². The van der Waals surface area contributed by atoms with Crippen molar-refractivity contribution in [3.8, 4) is 17.2 Å². The van der Waals surface area contributed by atoms with Crippen LogP contribution in [0.15, 0.2) is 53.9 Å². The zero-order valence-corrected chi connectivity index (χ0v) is 18.5. The van der Waals surface area contributed by atoms with E-state index in [0.29, 0.717) is 18.1 Å². The molecule has 0 radical (unpaired) electrons. The van der Waals surface area contributed by atoms with Crippen LogP contribution in [-0.2, 0) is 10.3 Å². The second-order valence-electron chi connectivity index (χ2n) is 7.29. The lowest BCUT2D eigenvalue weighted by Gasteiger charge is -2.36. The van der Waals surface area contributed by atoms with Gasteiger partial charge in [0, 0.05) is 11.1 Å². The Morgan fingerprint density at radius 3 is 2.37 bits per heavy atom. The maximum absolute atomic E-state index is 6.66. The molecule has 0 saturated carbocycles. The van der Waals surface area contributed by atoms with Crippen molar-refractivity contribution >= 4 is 23.2 Å². The summed E-state index contributed by atoms with van der Waals surface area (Å²) in [6.07, 6.45) is 3.05. The molecule has 0 bridgehead atoms. The molecule has 0 saturated heterocycles. The molecular formula is C25H26O4S. The summed E-state index contributed by atoms with van der Waals surface area (Å²) in [5.41, 5.74) is 2.47. The fourth-order valence-electron chi connectivity index (χ4n) is 3.68. The van der Waals surface area contributed by atoms with Crippen molar-refractivity contribution in [1.82, 2.24) is 0 Å². The van der Waals surface area contributed by atoms with Crippen LogP contribution >= 0.6 is 11.3 Å². The molecule has 0 N–H and O–H groups in total. The first kappa shape index (κ1) is 20.4. The van der Waals surface area contributed by atoms with Crippen molar-refractivity contribution in [2.45, 2.75) is 25.9 Å². The van der Waals surface area contributed by atoms with Gasteiger partial charge >= 0.3 is 0 Å². The minimum atomic E-state index is -0.634. The lowest BCUT2D eigenvalue weighted by atomic mass is 9.86. The minimum absolute atomic E-state index is 0.634. The summed E-state index contributed by atoms with van der Waals surface area (Å²) in [7, 11) is 3.31. The van der Waals surface area contributed by atoms with Crippen LogP contribution in [0.25, 0.3) is 11.8 Å². The van der Waals surface area contributed by atoms with Gasteiger partial charge in [-0.05, 0) is 72.8 Å². The van der Waals surface area contributed by atoms with Gasteiger partial charge in [-0.15, -0.1) is 11.3 Å². The Morgan fingerprint density at radius 2 is 1.73 bits per heavy atom. The molecule has 1 aliphatic rings. The number of rotatable bonds is 7. The van der Waals surface area contributed by atoms with E-state index in [9.17, 15) is 0 Å². The Hall–Kier alpha value is -2.92. The second-order valence-corrected chi connectivity index (χ2v) is 8.24. The first-order chi connectivity index (χ1) is 14.6. The molecule has 4 rings (SSSR count). The predicted octanol–water partition coefficient (Wildman–Crippen LogP) is 6.35. The van der Waals surface area contributed by atoms with Crippen LogP contribution in [0.4, 0.5) is 0 Å². The zero-order valence-electron chi connectivity index (χ0n) is 17.7. The normalized spacial score (nSPS) is 17.5. The number of thiophene rings is 1. The summed E-state index contributed by atoms with van der Waals surface area (Å²) in [6, 6.07) is 16.2. The molecule has 1 aliphatic heterocycles. The van der Waals surface area contributed by atoms with E-state index in [2.05, 4.69) is 31.4 Å². The Bertz CT molecular complexity index is 1040. The van der Waals surface area contributed by atoms with Crippen molar-refractivity contribution in [3.63, 3.8) is 0 Å². The molecule has 2 aromatic carbocycles. The van der Waals surface area contributed by atoms with Gasteiger partial charge in [-0.1, -0.05) is 13.0 Å². The van der Waals surface area contributed by atoms with Gasteiger partial charge in [0.2, 0.25) is 0 Å². The third-order valence-corrected chi connectivity index (χ3v) is 6.35. The van der Waals surface area contributed by atoms with Gasteiger partial charge in [-0.2, -0.15) is 0 Å². The maximum Gasteiger partial charge on any atom is 0.166 e. The van der Waals surface area contributed by atoms with Crippen LogP contribution in [0.5, 0.6) is 17.2 Å². The van der Waals surface area contributed by atoms with Gasteiger partial charge in [0.05, 0.1) is 25.7 Å². The topological polar surface area (TPSA) is 36.9 Å². The molecule has 0 amide bonds. The van der Waals surface area contributed by atoms with Crippen LogP contribution in [0, 0.1) is 0 Å². The summed E-state index contributed by atoms with van der Waals surface area (Å²) in [5, 5.41) is 2.07. The molecule has 1 aromatic heterocycles. The summed E-state index contributed by atoms with van der Waals surface area (Å²) in [6.45, 7) is 4.92. The minimum Gasteiger partial charge on any atom is -0.494 e. The molecule has 3 aromatic rings. The van der Waals surface area contributed by atoms with Gasteiger partial charge in [0.15, 0.2) is 17.1 Å². The zero-order chi connectivity index (χ0) is 21.1. The van der Waals surface area contributed by atoms with Crippen molar-refractivity contribution in [2.24, 2.45) is 0 Å².